The fourth-order valence-corrected chi connectivity index (χ4v) is 7.77. The van der Waals surface area contributed by atoms with Crippen LogP contribution in [0.25, 0.3) is 21.8 Å². The second-order valence-electron chi connectivity index (χ2n) is 13.6. The lowest BCUT2D eigenvalue weighted by atomic mass is 9.90. The van der Waals surface area contributed by atoms with Crippen LogP contribution in [0.3, 0.4) is 0 Å². The van der Waals surface area contributed by atoms with Crippen molar-refractivity contribution >= 4 is 46.6 Å². The van der Waals surface area contributed by atoms with Crippen LogP contribution in [-0.2, 0) is 12.8 Å². The predicted molar refractivity (Wildman–Crippen MR) is 208 cm³/mol. The average Bonchev–Trinajstić information content (AvgIpc) is 3.65. The molecule has 0 amide bonds. The highest BCUT2D eigenvalue weighted by Crippen LogP contribution is 2.37. The number of hydrogen-bond donors (Lipinski definition) is 4. The maximum Gasteiger partial charge on any atom is 0.0480 e. The van der Waals surface area contributed by atoms with Crippen molar-refractivity contribution in [2.24, 2.45) is 0 Å². The Morgan fingerprint density at radius 2 is 0.958 bits per heavy atom. The van der Waals surface area contributed by atoms with Crippen LogP contribution in [0, 0.1) is 13.8 Å². The van der Waals surface area contributed by atoms with Gasteiger partial charge in [0.05, 0.1) is 0 Å². The first kappa shape index (κ1) is 35.8. The molecule has 2 heterocycles. The highest BCUT2D eigenvalue weighted by Gasteiger charge is 2.27. The Hall–Kier alpha value is -3.54. The first-order chi connectivity index (χ1) is 22.4. The van der Waals surface area contributed by atoms with E-state index >= 15 is 0 Å². The molecule has 4 N–H and O–H groups in total. The molecular weight excluding hydrogens is 631 g/mol. The summed E-state index contributed by atoms with van der Waals surface area (Å²) in [6, 6.07) is 36.5. The van der Waals surface area contributed by atoms with Crippen LogP contribution in [0.1, 0.15) is 108 Å². The molecule has 0 bridgehead atoms. The van der Waals surface area contributed by atoms with Gasteiger partial charge in [-0.15, -0.1) is 24.8 Å². The van der Waals surface area contributed by atoms with Crippen molar-refractivity contribution < 1.29 is 0 Å². The van der Waals surface area contributed by atoms with E-state index in [1.807, 2.05) is 0 Å². The van der Waals surface area contributed by atoms with E-state index < -0.39 is 0 Å². The second kappa shape index (κ2) is 15.8. The third-order valence-electron chi connectivity index (χ3n) is 10.2. The lowest BCUT2D eigenvalue weighted by molar-refractivity contribution is 0.410. The van der Waals surface area contributed by atoms with Crippen molar-refractivity contribution in [1.82, 2.24) is 20.6 Å². The molecule has 0 fully saturated rings. The molecule has 4 atom stereocenters. The van der Waals surface area contributed by atoms with E-state index in [-0.39, 0.29) is 24.8 Å². The molecule has 0 aliphatic heterocycles. The van der Waals surface area contributed by atoms with Crippen LogP contribution in [0.15, 0.2) is 97.1 Å². The summed E-state index contributed by atoms with van der Waals surface area (Å²) in [5.41, 5.74) is 13.8. The minimum Gasteiger partial charge on any atom is -0.357 e. The third kappa shape index (κ3) is 7.53. The van der Waals surface area contributed by atoms with Gasteiger partial charge in [-0.2, -0.15) is 0 Å². The maximum atomic E-state index is 3.84. The standard InChI is InChI=1S/2C21H24N2.2ClH/c2*1-14-11-12-19-18(13-14)17-9-6-10-20(21(17)23-19)22-15(2)16-7-4-3-5-8-16;;/h2*3-5,7-8,11-13,15,20,22-23H,6,9-10H2,1-2H3;2*1H/t15-,20+;15-,20-;;/m00../s1. The Kier molecular flexibility index (Phi) is 11.8. The highest BCUT2D eigenvalue weighted by atomic mass is 35.5. The molecule has 0 radical (unpaired) electrons. The molecule has 0 spiro atoms. The molecule has 2 aliphatic carbocycles. The lowest BCUT2D eigenvalue weighted by Gasteiger charge is -2.27. The minimum atomic E-state index is 0. The van der Waals surface area contributed by atoms with Crippen LogP contribution in [0.5, 0.6) is 0 Å². The zero-order chi connectivity index (χ0) is 31.6. The molecule has 2 aromatic heterocycles. The van der Waals surface area contributed by atoms with E-state index in [1.54, 1.807) is 0 Å². The topological polar surface area (TPSA) is 55.6 Å². The van der Waals surface area contributed by atoms with E-state index in [4.69, 9.17) is 0 Å². The van der Waals surface area contributed by atoms with Gasteiger partial charge in [0, 0.05) is 57.4 Å². The zero-order valence-electron chi connectivity index (χ0n) is 28.6. The van der Waals surface area contributed by atoms with Crippen LogP contribution >= 0.6 is 24.8 Å². The molecule has 0 unspecified atom stereocenters. The number of aromatic nitrogens is 2. The molecule has 48 heavy (non-hydrogen) atoms. The molecule has 0 saturated heterocycles. The highest BCUT2D eigenvalue weighted by molar-refractivity contribution is 5.87. The summed E-state index contributed by atoms with van der Waals surface area (Å²) in [4.78, 5) is 7.38. The van der Waals surface area contributed by atoms with Gasteiger partial charge < -0.3 is 20.6 Å². The summed E-state index contributed by atoms with van der Waals surface area (Å²) in [7, 11) is 0. The van der Waals surface area contributed by atoms with Crippen molar-refractivity contribution in [2.45, 2.75) is 90.4 Å². The molecule has 8 rings (SSSR count). The number of fused-ring (bicyclic) bond motifs is 6. The maximum absolute atomic E-state index is 3.84. The molecule has 252 valence electrons. The Morgan fingerprint density at radius 1 is 0.562 bits per heavy atom. The number of rotatable bonds is 6. The Bertz CT molecular complexity index is 1790. The van der Waals surface area contributed by atoms with E-state index in [0.717, 1.165) is 0 Å². The van der Waals surface area contributed by atoms with Crippen LogP contribution in [0.2, 0.25) is 0 Å². The molecule has 0 saturated carbocycles. The molecular formula is C42H50Cl2N4. The number of aromatic amines is 2. The predicted octanol–water partition coefficient (Wildman–Crippen LogP) is 11.3. The van der Waals surface area contributed by atoms with Gasteiger partial charge in [0.1, 0.15) is 0 Å². The molecule has 6 heteroatoms. The molecule has 4 nitrogen and oxygen atoms in total. The van der Waals surface area contributed by atoms with E-state index in [0.29, 0.717) is 24.2 Å². The molecule has 4 aromatic carbocycles. The van der Waals surface area contributed by atoms with Crippen LogP contribution in [0.4, 0.5) is 0 Å². The van der Waals surface area contributed by atoms with Crippen molar-refractivity contribution in [3.8, 4) is 0 Å². The third-order valence-corrected chi connectivity index (χ3v) is 10.2. The fourth-order valence-electron chi connectivity index (χ4n) is 7.77. The number of benzene rings is 4. The Morgan fingerprint density at radius 3 is 1.35 bits per heavy atom. The van der Waals surface area contributed by atoms with Gasteiger partial charge in [0.2, 0.25) is 0 Å². The van der Waals surface area contributed by atoms with E-state index in [2.05, 4.69) is 145 Å². The zero-order valence-corrected chi connectivity index (χ0v) is 30.2. The van der Waals surface area contributed by atoms with Gasteiger partial charge in [0.15, 0.2) is 0 Å². The summed E-state index contributed by atoms with van der Waals surface area (Å²) in [6.07, 6.45) is 7.31. The quantitative estimate of drug-likeness (QED) is 0.141. The van der Waals surface area contributed by atoms with Crippen molar-refractivity contribution in [1.29, 1.82) is 0 Å². The summed E-state index contributed by atoms with van der Waals surface area (Å²) >= 11 is 0. The summed E-state index contributed by atoms with van der Waals surface area (Å²) < 4.78 is 0. The lowest BCUT2D eigenvalue weighted by Crippen LogP contribution is -2.27. The normalized spacial score (nSPS) is 18.0. The van der Waals surface area contributed by atoms with Gasteiger partial charge in [-0.25, -0.2) is 0 Å². The molecule has 6 aromatic rings. The summed E-state index contributed by atoms with van der Waals surface area (Å²) in [6.45, 7) is 8.87. The van der Waals surface area contributed by atoms with Crippen molar-refractivity contribution in [2.75, 3.05) is 0 Å². The smallest absolute Gasteiger partial charge is 0.0480 e. The van der Waals surface area contributed by atoms with E-state index in [9.17, 15) is 0 Å². The Balaban J connectivity index is 0.000000180. The van der Waals surface area contributed by atoms with Gasteiger partial charge in [-0.1, -0.05) is 83.9 Å². The number of aryl methyl sites for hydroxylation is 4. The SMILES string of the molecule is Cc1ccc2[nH]c3c(c2c1)CCC[C@@H]3N[C@@H](C)c1ccccc1.Cc1ccc2[nH]c3c(c2c1)CCC[C@H]3N[C@@H](C)c1ccccc1.Cl.Cl. The van der Waals surface area contributed by atoms with Crippen molar-refractivity contribution in [3.05, 3.63) is 142 Å². The van der Waals surface area contributed by atoms with Crippen LogP contribution in [-0.4, -0.2) is 9.97 Å². The monoisotopic (exact) mass is 680 g/mol. The number of H-pyrrole nitrogens is 2. The number of hydrogen-bond acceptors (Lipinski definition) is 2. The number of halogens is 2. The minimum absolute atomic E-state index is 0. The average molecular weight is 682 g/mol. The van der Waals surface area contributed by atoms with Crippen LogP contribution < -0.4 is 10.6 Å². The fraction of sp³-hybridized carbons (Fsp3) is 0.333. The van der Waals surface area contributed by atoms with Gasteiger partial charge in [-0.05, 0) is 113 Å². The van der Waals surface area contributed by atoms with Gasteiger partial charge >= 0.3 is 0 Å². The van der Waals surface area contributed by atoms with Gasteiger partial charge in [0.25, 0.3) is 0 Å². The van der Waals surface area contributed by atoms with Gasteiger partial charge in [-0.3, -0.25) is 0 Å². The largest absolute Gasteiger partial charge is 0.357 e. The number of nitrogens with one attached hydrogen (secondary N) is 4. The first-order valence-electron chi connectivity index (χ1n) is 17.3. The summed E-state index contributed by atoms with van der Waals surface area (Å²) in [5.74, 6) is 0. The summed E-state index contributed by atoms with van der Waals surface area (Å²) in [5, 5.41) is 10.5. The van der Waals surface area contributed by atoms with Crippen molar-refractivity contribution in [3.63, 3.8) is 0 Å². The van der Waals surface area contributed by atoms with E-state index in [1.165, 1.54) is 105 Å². The second-order valence-corrected chi connectivity index (χ2v) is 13.6. The Labute approximate surface area is 298 Å². The molecule has 2 aliphatic rings. The first-order valence-corrected chi connectivity index (χ1v) is 17.3.